The van der Waals surface area contributed by atoms with Gasteiger partial charge in [-0.05, 0) is 62.4 Å². The lowest BCUT2D eigenvalue weighted by Gasteiger charge is -2.20. The normalized spacial score (nSPS) is 12.5. The minimum absolute atomic E-state index is 0.0460. The van der Waals surface area contributed by atoms with Crippen LogP contribution in [0, 0.1) is 11.6 Å². The minimum atomic E-state index is -1.09. The molecule has 10 heteroatoms. The van der Waals surface area contributed by atoms with Gasteiger partial charge < -0.3 is 29.6 Å². The fourth-order valence-electron chi connectivity index (χ4n) is 5.64. The zero-order valence-corrected chi connectivity index (χ0v) is 26.4. The number of aromatic nitrogens is 1. The Morgan fingerprint density at radius 2 is 1.57 bits per heavy atom. The molecule has 1 aromatic heterocycles. The Labute approximate surface area is 267 Å². The first kappa shape index (κ1) is 34.3. The summed E-state index contributed by atoms with van der Waals surface area (Å²) in [5.74, 6) is -1.58. The molecule has 4 aromatic rings. The van der Waals surface area contributed by atoms with E-state index in [2.05, 4.69) is 10.1 Å². The molecule has 0 aliphatic carbocycles. The Kier molecular flexibility index (Phi) is 11.7. The van der Waals surface area contributed by atoms with Crippen LogP contribution in [0.2, 0.25) is 0 Å². The Bertz CT molecular complexity index is 1640. The number of carbonyl (C=O) groups is 2. The maximum atomic E-state index is 14.8. The zero-order valence-electron chi connectivity index (χ0n) is 26.4. The van der Waals surface area contributed by atoms with E-state index in [1.165, 1.54) is 32.4 Å². The van der Waals surface area contributed by atoms with Crippen LogP contribution in [0.4, 0.5) is 8.78 Å². The minimum Gasteiger partial charge on any atom is -0.497 e. The number of benzene rings is 3. The number of rotatable bonds is 14. The van der Waals surface area contributed by atoms with Gasteiger partial charge in [-0.1, -0.05) is 48.5 Å². The summed E-state index contributed by atoms with van der Waals surface area (Å²) in [6, 6.07) is 19.6. The van der Waals surface area contributed by atoms with Gasteiger partial charge in [-0.3, -0.25) is 9.59 Å². The molecule has 0 spiro atoms. The van der Waals surface area contributed by atoms with E-state index in [4.69, 9.17) is 4.74 Å². The first-order valence-electron chi connectivity index (χ1n) is 15.2. The Hall–Kier alpha value is -4.54. The zero-order chi connectivity index (χ0) is 33.4. The van der Waals surface area contributed by atoms with Crippen molar-refractivity contribution in [3.05, 3.63) is 101 Å². The molecular formula is C36H40F2N2O6. The van der Waals surface area contributed by atoms with E-state index in [0.717, 1.165) is 11.3 Å². The van der Waals surface area contributed by atoms with Crippen LogP contribution < -0.4 is 10.1 Å². The van der Waals surface area contributed by atoms with Gasteiger partial charge in [0, 0.05) is 41.0 Å². The van der Waals surface area contributed by atoms with Crippen molar-refractivity contribution in [1.29, 1.82) is 0 Å². The van der Waals surface area contributed by atoms with Gasteiger partial charge in [-0.2, -0.15) is 0 Å². The molecule has 0 fully saturated rings. The molecular weight excluding hydrogens is 594 g/mol. The summed E-state index contributed by atoms with van der Waals surface area (Å²) >= 11 is 0. The highest BCUT2D eigenvalue weighted by Gasteiger charge is 2.30. The molecule has 0 saturated heterocycles. The number of methoxy groups -OCH3 is 2. The highest BCUT2D eigenvalue weighted by Crippen LogP contribution is 2.42. The van der Waals surface area contributed by atoms with Crippen molar-refractivity contribution in [1.82, 2.24) is 9.88 Å². The number of carbonyl (C=O) groups excluding carboxylic acids is 2. The van der Waals surface area contributed by atoms with Crippen LogP contribution in [-0.4, -0.2) is 53.1 Å². The van der Waals surface area contributed by atoms with Crippen LogP contribution in [0.3, 0.4) is 0 Å². The molecule has 0 bridgehead atoms. The van der Waals surface area contributed by atoms with Gasteiger partial charge in [-0.15, -0.1) is 0 Å². The Morgan fingerprint density at radius 3 is 2.17 bits per heavy atom. The van der Waals surface area contributed by atoms with E-state index in [0.29, 0.717) is 28.1 Å². The molecule has 4 rings (SSSR count). The van der Waals surface area contributed by atoms with Crippen molar-refractivity contribution >= 4 is 11.9 Å². The van der Waals surface area contributed by atoms with E-state index >= 15 is 0 Å². The number of nitrogens with zero attached hydrogens (tertiary/aromatic N) is 1. The summed E-state index contributed by atoms with van der Waals surface area (Å²) in [5.41, 5.74) is 4.08. The fourth-order valence-corrected chi connectivity index (χ4v) is 5.64. The largest absolute Gasteiger partial charge is 0.497 e. The molecule has 0 aliphatic heterocycles. The Balaban J connectivity index is 1.82. The SMILES string of the molecule is COC(=O)C[C@H](O)C[C@H](O)CCc1c(-c2ccc(F)cc2)c(-c2ccccc2)c(C(=O)NCc2ccc(OC)cc2F)n1C(C)C. The quantitative estimate of drug-likeness (QED) is 0.142. The van der Waals surface area contributed by atoms with Crippen LogP contribution in [0.25, 0.3) is 22.3 Å². The molecule has 8 nitrogen and oxygen atoms in total. The first-order chi connectivity index (χ1) is 22.0. The summed E-state index contributed by atoms with van der Waals surface area (Å²) in [4.78, 5) is 25.8. The third kappa shape index (κ3) is 8.18. The molecule has 0 radical (unpaired) electrons. The van der Waals surface area contributed by atoms with E-state index in [1.807, 2.05) is 48.7 Å². The van der Waals surface area contributed by atoms with Gasteiger partial charge in [0.15, 0.2) is 0 Å². The number of aliphatic hydroxyl groups excluding tert-OH is 2. The van der Waals surface area contributed by atoms with Crippen molar-refractivity contribution in [3.8, 4) is 28.0 Å². The second-order valence-corrected chi connectivity index (χ2v) is 11.4. The van der Waals surface area contributed by atoms with Crippen molar-refractivity contribution in [3.63, 3.8) is 0 Å². The first-order valence-corrected chi connectivity index (χ1v) is 15.2. The van der Waals surface area contributed by atoms with Gasteiger partial charge in [0.1, 0.15) is 23.1 Å². The summed E-state index contributed by atoms with van der Waals surface area (Å²) in [7, 11) is 2.68. The summed E-state index contributed by atoms with van der Waals surface area (Å²) in [6.45, 7) is 3.79. The summed E-state index contributed by atoms with van der Waals surface area (Å²) in [5, 5.41) is 24.1. The Morgan fingerprint density at radius 1 is 0.891 bits per heavy atom. The number of esters is 1. The molecule has 1 heterocycles. The molecule has 3 aromatic carbocycles. The fraction of sp³-hybridized carbons (Fsp3) is 0.333. The molecule has 0 saturated carbocycles. The summed E-state index contributed by atoms with van der Waals surface area (Å²) < 4.78 is 40.5. The smallest absolute Gasteiger partial charge is 0.308 e. The van der Waals surface area contributed by atoms with Gasteiger partial charge in [-0.25, -0.2) is 8.78 Å². The predicted molar refractivity (Wildman–Crippen MR) is 171 cm³/mol. The van der Waals surface area contributed by atoms with Crippen molar-refractivity contribution in [2.45, 2.75) is 64.3 Å². The molecule has 46 heavy (non-hydrogen) atoms. The monoisotopic (exact) mass is 634 g/mol. The van der Waals surface area contributed by atoms with E-state index < -0.39 is 35.7 Å². The van der Waals surface area contributed by atoms with Crippen molar-refractivity contribution < 1.29 is 38.1 Å². The van der Waals surface area contributed by atoms with E-state index in [9.17, 15) is 28.6 Å². The van der Waals surface area contributed by atoms with Crippen LogP contribution in [0.15, 0.2) is 72.8 Å². The number of ether oxygens (including phenoxy) is 2. The van der Waals surface area contributed by atoms with E-state index in [-0.39, 0.29) is 43.8 Å². The number of hydrogen-bond acceptors (Lipinski definition) is 6. The molecule has 244 valence electrons. The lowest BCUT2D eigenvalue weighted by atomic mass is 9.92. The molecule has 1 amide bonds. The highest BCUT2D eigenvalue weighted by atomic mass is 19.1. The second kappa shape index (κ2) is 15.6. The van der Waals surface area contributed by atoms with Crippen LogP contribution >= 0.6 is 0 Å². The van der Waals surface area contributed by atoms with Gasteiger partial charge in [0.25, 0.3) is 5.91 Å². The van der Waals surface area contributed by atoms with Gasteiger partial charge in [0.2, 0.25) is 0 Å². The molecule has 3 N–H and O–H groups in total. The average Bonchev–Trinajstić information content (AvgIpc) is 3.39. The number of nitrogens with one attached hydrogen (secondary N) is 1. The number of aliphatic hydroxyl groups is 2. The van der Waals surface area contributed by atoms with Crippen LogP contribution in [0.1, 0.15) is 60.9 Å². The van der Waals surface area contributed by atoms with Gasteiger partial charge in [0.05, 0.1) is 32.8 Å². The predicted octanol–water partition coefficient (Wildman–Crippen LogP) is 6.23. The maximum absolute atomic E-state index is 14.8. The molecule has 0 unspecified atom stereocenters. The standard InChI is InChI=1S/C36H40F2N2O6/c1-22(2)40-31(17-15-27(41)18-28(42)19-32(43)46-4)33(24-10-13-26(37)14-11-24)34(23-8-6-5-7-9-23)35(40)36(44)39-21-25-12-16-29(45-3)20-30(25)38/h5-14,16,20,22,27-28,41-42H,15,17-19,21H2,1-4H3,(H,39,44)/t27-,28-/m1/s1. The molecule has 0 aliphatic rings. The van der Waals surface area contributed by atoms with Crippen molar-refractivity contribution in [2.24, 2.45) is 0 Å². The topological polar surface area (TPSA) is 110 Å². The third-order valence-corrected chi connectivity index (χ3v) is 7.82. The lowest BCUT2D eigenvalue weighted by molar-refractivity contribution is -0.143. The number of amides is 1. The molecule has 2 atom stereocenters. The lowest BCUT2D eigenvalue weighted by Crippen LogP contribution is -2.28. The number of hydrogen-bond donors (Lipinski definition) is 3. The van der Waals surface area contributed by atoms with Gasteiger partial charge >= 0.3 is 5.97 Å². The van der Waals surface area contributed by atoms with Crippen LogP contribution in [0.5, 0.6) is 5.75 Å². The van der Waals surface area contributed by atoms with E-state index in [1.54, 1.807) is 24.3 Å². The summed E-state index contributed by atoms with van der Waals surface area (Å²) in [6.07, 6.45) is -1.85. The number of halogens is 2. The van der Waals surface area contributed by atoms with Crippen molar-refractivity contribution in [2.75, 3.05) is 14.2 Å². The highest BCUT2D eigenvalue weighted by molar-refractivity contribution is 6.05. The second-order valence-electron chi connectivity index (χ2n) is 11.4. The maximum Gasteiger partial charge on any atom is 0.308 e. The van der Waals surface area contributed by atoms with Crippen LogP contribution in [-0.2, 0) is 22.5 Å². The third-order valence-electron chi connectivity index (χ3n) is 7.82. The average molecular weight is 635 g/mol.